The van der Waals surface area contributed by atoms with Crippen molar-refractivity contribution in [2.45, 2.75) is 30.7 Å². The molecule has 5 atom stereocenters. The van der Waals surface area contributed by atoms with E-state index >= 15 is 0 Å². The Hall–Kier alpha value is -1.91. The highest BCUT2D eigenvalue weighted by Gasteiger charge is 2.46. The van der Waals surface area contributed by atoms with E-state index in [-0.39, 0.29) is 0 Å². The van der Waals surface area contributed by atoms with Gasteiger partial charge in [0.05, 0.1) is 6.61 Å². The Labute approximate surface area is 131 Å². The fourth-order valence-corrected chi connectivity index (χ4v) is 2.20. The molecule has 6 N–H and O–H groups in total. The minimum absolute atomic E-state index is 0.341. The van der Waals surface area contributed by atoms with E-state index in [9.17, 15) is 20.1 Å². The predicted octanol–water partition coefficient (Wildman–Crippen LogP) is -1.44. The van der Waals surface area contributed by atoms with Crippen LogP contribution in [0, 0.1) is 0 Å². The van der Waals surface area contributed by atoms with E-state index in [1.807, 2.05) is 0 Å². The maximum atomic E-state index is 10.6. The van der Waals surface area contributed by atoms with Gasteiger partial charge in [-0.05, 0) is 24.3 Å². The highest BCUT2D eigenvalue weighted by molar-refractivity contribution is 5.68. The first-order valence-electron chi connectivity index (χ1n) is 6.90. The van der Waals surface area contributed by atoms with Crippen LogP contribution in [-0.2, 0) is 14.3 Å². The summed E-state index contributed by atoms with van der Waals surface area (Å²) in [6, 6.07) is 6.28. The lowest BCUT2D eigenvalue weighted by Crippen LogP contribution is -2.61. The van der Waals surface area contributed by atoms with Crippen LogP contribution in [0.4, 0.5) is 5.69 Å². The summed E-state index contributed by atoms with van der Waals surface area (Å²) in [5.41, 5.74) is 6.08. The Morgan fingerprint density at radius 1 is 1.22 bits per heavy atom. The number of hydrogen-bond donors (Lipinski definition) is 5. The topological polar surface area (TPSA) is 152 Å². The number of carboxylic acid groups (broad SMARTS) is 1. The number of aliphatic hydroxyl groups is 3. The molecule has 1 aliphatic rings. The SMILES string of the molecule is Nc1ccc(O[C@H]2O[C@H](CO)[C@H](O)[C@H](OCC(=O)O)[C@H]2O)cc1. The van der Waals surface area contributed by atoms with E-state index in [2.05, 4.69) is 0 Å². The van der Waals surface area contributed by atoms with E-state index in [4.69, 9.17) is 25.1 Å². The lowest BCUT2D eigenvalue weighted by Gasteiger charge is -2.41. The zero-order valence-corrected chi connectivity index (χ0v) is 12.1. The molecule has 0 radical (unpaired) electrons. The number of benzene rings is 1. The Morgan fingerprint density at radius 3 is 2.43 bits per heavy atom. The van der Waals surface area contributed by atoms with Crippen LogP contribution in [0.5, 0.6) is 5.75 Å². The van der Waals surface area contributed by atoms with Gasteiger partial charge in [-0.25, -0.2) is 4.79 Å². The van der Waals surface area contributed by atoms with Gasteiger partial charge in [-0.2, -0.15) is 0 Å². The molecule has 0 unspecified atom stereocenters. The molecule has 9 nitrogen and oxygen atoms in total. The molecule has 2 rings (SSSR count). The fourth-order valence-electron chi connectivity index (χ4n) is 2.20. The molecular formula is C14H19NO8. The van der Waals surface area contributed by atoms with Gasteiger partial charge in [0.2, 0.25) is 6.29 Å². The van der Waals surface area contributed by atoms with Gasteiger partial charge in [0.1, 0.15) is 36.8 Å². The summed E-state index contributed by atoms with van der Waals surface area (Å²) in [6.07, 6.45) is -6.48. The van der Waals surface area contributed by atoms with Gasteiger partial charge in [0.25, 0.3) is 0 Å². The first-order chi connectivity index (χ1) is 10.9. The number of aliphatic carboxylic acids is 1. The van der Waals surface area contributed by atoms with Crippen molar-refractivity contribution in [1.82, 2.24) is 0 Å². The third kappa shape index (κ3) is 4.30. The summed E-state index contributed by atoms with van der Waals surface area (Å²) >= 11 is 0. The molecule has 128 valence electrons. The second kappa shape index (κ2) is 7.57. The molecule has 1 aromatic carbocycles. The van der Waals surface area contributed by atoms with Crippen LogP contribution in [0.15, 0.2) is 24.3 Å². The number of ether oxygens (including phenoxy) is 3. The molecule has 1 saturated heterocycles. The minimum atomic E-state index is -1.45. The molecular weight excluding hydrogens is 310 g/mol. The Bertz CT molecular complexity index is 522. The summed E-state index contributed by atoms with van der Waals surface area (Å²) in [6.45, 7) is -1.27. The largest absolute Gasteiger partial charge is 0.480 e. The summed E-state index contributed by atoms with van der Waals surface area (Å²) in [5.74, 6) is -0.916. The predicted molar refractivity (Wildman–Crippen MR) is 76.6 cm³/mol. The summed E-state index contributed by atoms with van der Waals surface area (Å²) in [7, 11) is 0. The lowest BCUT2D eigenvalue weighted by molar-refractivity contribution is -0.285. The van der Waals surface area contributed by atoms with Crippen LogP contribution in [0.25, 0.3) is 0 Å². The van der Waals surface area contributed by atoms with Gasteiger partial charge in [-0.3, -0.25) is 0 Å². The maximum absolute atomic E-state index is 10.6. The van der Waals surface area contributed by atoms with Gasteiger partial charge >= 0.3 is 5.97 Å². The highest BCUT2D eigenvalue weighted by Crippen LogP contribution is 2.26. The third-order valence-electron chi connectivity index (χ3n) is 3.35. The molecule has 0 spiro atoms. The number of anilines is 1. The van der Waals surface area contributed by atoms with Gasteiger partial charge in [0.15, 0.2) is 0 Å². The average Bonchev–Trinajstić information content (AvgIpc) is 2.51. The van der Waals surface area contributed by atoms with Gasteiger partial charge in [-0.15, -0.1) is 0 Å². The van der Waals surface area contributed by atoms with Crippen molar-refractivity contribution in [1.29, 1.82) is 0 Å². The number of nitrogens with two attached hydrogens (primary N) is 1. The van der Waals surface area contributed by atoms with Gasteiger partial charge < -0.3 is 40.4 Å². The van der Waals surface area contributed by atoms with E-state index in [1.54, 1.807) is 24.3 Å². The molecule has 0 bridgehead atoms. The molecule has 0 amide bonds. The molecule has 1 fully saturated rings. The number of carbonyl (C=O) groups is 1. The highest BCUT2D eigenvalue weighted by atomic mass is 16.7. The Morgan fingerprint density at radius 2 is 1.87 bits per heavy atom. The number of rotatable bonds is 6. The zero-order chi connectivity index (χ0) is 17.0. The van der Waals surface area contributed by atoms with Crippen molar-refractivity contribution in [2.24, 2.45) is 0 Å². The summed E-state index contributed by atoms with van der Waals surface area (Å²) in [5, 5.41) is 38.1. The van der Waals surface area contributed by atoms with Crippen LogP contribution in [0.3, 0.4) is 0 Å². The van der Waals surface area contributed by atoms with E-state index < -0.39 is 49.9 Å². The quantitative estimate of drug-likeness (QED) is 0.395. The second-order valence-corrected chi connectivity index (χ2v) is 5.06. The summed E-state index contributed by atoms with van der Waals surface area (Å²) < 4.78 is 15.8. The molecule has 1 aliphatic heterocycles. The monoisotopic (exact) mass is 329 g/mol. The third-order valence-corrected chi connectivity index (χ3v) is 3.35. The van der Waals surface area contributed by atoms with Gasteiger partial charge in [0, 0.05) is 5.69 Å². The molecule has 0 saturated carbocycles. The van der Waals surface area contributed by atoms with E-state index in [0.717, 1.165) is 0 Å². The fraction of sp³-hybridized carbons (Fsp3) is 0.500. The standard InChI is InChI=1S/C14H19NO8/c15-7-1-3-8(4-2-7)22-14-12(20)13(21-6-10(17)18)11(19)9(5-16)23-14/h1-4,9,11-14,16,19-20H,5-6,15H2,(H,17,18)/t9-,11+,12-,13+,14+/m1/s1. The average molecular weight is 329 g/mol. The number of nitrogen functional groups attached to an aromatic ring is 1. The van der Waals surface area contributed by atoms with Crippen molar-refractivity contribution < 1.29 is 39.4 Å². The molecule has 9 heteroatoms. The molecule has 1 heterocycles. The first-order valence-corrected chi connectivity index (χ1v) is 6.90. The van der Waals surface area contributed by atoms with Crippen molar-refractivity contribution in [2.75, 3.05) is 18.9 Å². The second-order valence-electron chi connectivity index (χ2n) is 5.06. The van der Waals surface area contributed by atoms with Crippen LogP contribution in [0.2, 0.25) is 0 Å². The summed E-state index contributed by atoms with van der Waals surface area (Å²) in [4.78, 5) is 10.6. The first kappa shape index (κ1) is 17.4. The number of hydrogen-bond acceptors (Lipinski definition) is 8. The minimum Gasteiger partial charge on any atom is -0.480 e. The van der Waals surface area contributed by atoms with Crippen LogP contribution in [-0.4, -0.2) is 70.3 Å². The van der Waals surface area contributed by atoms with Crippen molar-refractivity contribution in [3.63, 3.8) is 0 Å². The normalized spacial score (nSPS) is 30.8. The maximum Gasteiger partial charge on any atom is 0.329 e. The van der Waals surface area contributed by atoms with Crippen molar-refractivity contribution in [3.05, 3.63) is 24.3 Å². The Balaban J connectivity index is 2.11. The number of aliphatic hydroxyl groups excluding tert-OH is 3. The molecule has 23 heavy (non-hydrogen) atoms. The molecule has 0 aromatic heterocycles. The van der Waals surface area contributed by atoms with Crippen LogP contribution in [0.1, 0.15) is 0 Å². The number of carboxylic acids is 1. The molecule has 0 aliphatic carbocycles. The van der Waals surface area contributed by atoms with Crippen molar-refractivity contribution in [3.8, 4) is 5.75 Å². The van der Waals surface area contributed by atoms with Crippen LogP contribution < -0.4 is 10.5 Å². The van der Waals surface area contributed by atoms with E-state index in [0.29, 0.717) is 11.4 Å². The van der Waals surface area contributed by atoms with Crippen LogP contribution >= 0.6 is 0 Å². The zero-order valence-electron chi connectivity index (χ0n) is 12.1. The lowest BCUT2D eigenvalue weighted by atomic mass is 9.99. The van der Waals surface area contributed by atoms with Crippen molar-refractivity contribution >= 4 is 11.7 Å². The molecule has 1 aromatic rings. The smallest absolute Gasteiger partial charge is 0.329 e. The van der Waals surface area contributed by atoms with Gasteiger partial charge in [-0.1, -0.05) is 0 Å². The van der Waals surface area contributed by atoms with E-state index in [1.165, 1.54) is 0 Å². The Kier molecular flexibility index (Phi) is 5.74.